The zero-order valence-electron chi connectivity index (χ0n) is 13.0. The van der Waals surface area contributed by atoms with Crippen molar-refractivity contribution in [3.63, 3.8) is 0 Å². The smallest absolute Gasteiger partial charge is 0.222 e. The summed E-state index contributed by atoms with van der Waals surface area (Å²) in [5.41, 5.74) is 3.41. The minimum absolute atomic E-state index is 0.00754. The Bertz CT molecular complexity index is 684. The average molecular weight is 311 g/mol. The second kappa shape index (κ2) is 7.29. The molecule has 0 saturated heterocycles. The second-order valence-electron chi connectivity index (χ2n) is 5.78. The van der Waals surface area contributed by atoms with Crippen LogP contribution in [-0.4, -0.2) is 24.2 Å². The van der Waals surface area contributed by atoms with Crippen LogP contribution in [0.15, 0.2) is 48.5 Å². The van der Waals surface area contributed by atoms with Crippen LogP contribution in [0.3, 0.4) is 0 Å². The number of phenols is 1. The highest BCUT2D eigenvalue weighted by atomic mass is 16.5. The lowest BCUT2D eigenvalue weighted by molar-refractivity contribution is -0.124. The maximum absolute atomic E-state index is 12.1. The van der Waals surface area contributed by atoms with Crippen LogP contribution in [-0.2, 0) is 22.4 Å². The lowest BCUT2D eigenvalue weighted by Gasteiger charge is -2.25. The molecule has 4 nitrogen and oxygen atoms in total. The van der Waals surface area contributed by atoms with E-state index in [1.807, 2.05) is 24.3 Å². The Balaban J connectivity index is 1.50. The summed E-state index contributed by atoms with van der Waals surface area (Å²) in [6, 6.07) is 15.2. The van der Waals surface area contributed by atoms with Crippen molar-refractivity contribution in [3.8, 4) is 5.75 Å². The number of aromatic hydroxyl groups is 1. The third-order valence-corrected chi connectivity index (χ3v) is 4.11. The molecule has 4 heteroatoms. The standard InChI is InChI=1S/C19H21NO3/c21-16-6-3-4-14(12-16)8-10-20-19(22)13-18-17-7-2-1-5-15(17)9-11-23-18/h1-7,12,18,21H,8-11,13H2,(H,20,22). The van der Waals surface area contributed by atoms with Gasteiger partial charge >= 0.3 is 0 Å². The molecular formula is C19H21NO3. The molecule has 2 aromatic carbocycles. The number of rotatable bonds is 5. The van der Waals surface area contributed by atoms with E-state index in [1.54, 1.807) is 18.2 Å². The minimum atomic E-state index is -0.152. The van der Waals surface area contributed by atoms with Crippen LogP contribution in [0.5, 0.6) is 5.75 Å². The fourth-order valence-electron chi connectivity index (χ4n) is 2.94. The van der Waals surface area contributed by atoms with Gasteiger partial charge in [-0.05, 0) is 41.7 Å². The first-order valence-electron chi connectivity index (χ1n) is 7.96. The molecule has 0 radical (unpaired) electrons. The molecule has 0 spiro atoms. The first-order chi connectivity index (χ1) is 11.2. The fourth-order valence-corrected chi connectivity index (χ4v) is 2.94. The predicted molar refractivity (Wildman–Crippen MR) is 88.3 cm³/mol. The number of carbonyl (C=O) groups excluding carboxylic acids is 1. The molecule has 3 rings (SSSR count). The molecule has 1 unspecified atom stereocenters. The van der Waals surface area contributed by atoms with E-state index in [0.717, 1.165) is 17.5 Å². The van der Waals surface area contributed by atoms with Crippen molar-refractivity contribution in [1.82, 2.24) is 5.32 Å². The maximum atomic E-state index is 12.1. The molecule has 0 bridgehead atoms. The first-order valence-corrected chi connectivity index (χ1v) is 7.96. The van der Waals surface area contributed by atoms with E-state index in [1.165, 1.54) is 5.56 Å². The first kappa shape index (κ1) is 15.6. The van der Waals surface area contributed by atoms with Crippen LogP contribution in [0.1, 0.15) is 29.2 Å². The van der Waals surface area contributed by atoms with Gasteiger partial charge < -0.3 is 15.2 Å². The highest BCUT2D eigenvalue weighted by Gasteiger charge is 2.22. The lowest BCUT2D eigenvalue weighted by atomic mass is 9.95. The summed E-state index contributed by atoms with van der Waals surface area (Å²) in [6.07, 6.45) is 1.80. The molecule has 0 saturated carbocycles. The number of carbonyl (C=O) groups is 1. The molecule has 2 N–H and O–H groups in total. The van der Waals surface area contributed by atoms with E-state index in [9.17, 15) is 9.90 Å². The van der Waals surface area contributed by atoms with Gasteiger partial charge in [-0.25, -0.2) is 0 Å². The predicted octanol–water partition coefficient (Wildman–Crippen LogP) is 2.76. The molecule has 1 aliphatic rings. The summed E-state index contributed by atoms with van der Waals surface area (Å²) < 4.78 is 5.76. The van der Waals surface area contributed by atoms with Crippen molar-refractivity contribution in [1.29, 1.82) is 0 Å². The molecule has 120 valence electrons. The molecule has 2 aromatic rings. The Morgan fingerprint density at radius 2 is 2.09 bits per heavy atom. The molecule has 1 atom stereocenters. The van der Waals surface area contributed by atoms with Gasteiger partial charge in [0.25, 0.3) is 0 Å². The Labute approximate surface area is 136 Å². The molecule has 0 aromatic heterocycles. The Morgan fingerprint density at radius 3 is 2.96 bits per heavy atom. The molecular weight excluding hydrogens is 290 g/mol. The molecule has 1 heterocycles. The van der Waals surface area contributed by atoms with Crippen LogP contribution in [0.2, 0.25) is 0 Å². The number of hydrogen-bond acceptors (Lipinski definition) is 3. The lowest BCUT2D eigenvalue weighted by Crippen LogP contribution is -2.29. The number of nitrogens with one attached hydrogen (secondary N) is 1. The van der Waals surface area contributed by atoms with Gasteiger partial charge in [0.2, 0.25) is 5.91 Å². The van der Waals surface area contributed by atoms with Crippen LogP contribution in [0.25, 0.3) is 0 Å². The van der Waals surface area contributed by atoms with Crippen molar-refractivity contribution >= 4 is 5.91 Å². The molecule has 0 aliphatic carbocycles. The minimum Gasteiger partial charge on any atom is -0.508 e. The van der Waals surface area contributed by atoms with E-state index in [0.29, 0.717) is 26.0 Å². The number of benzene rings is 2. The van der Waals surface area contributed by atoms with Gasteiger partial charge in [0.1, 0.15) is 5.75 Å². The van der Waals surface area contributed by atoms with Crippen LogP contribution >= 0.6 is 0 Å². The van der Waals surface area contributed by atoms with Gasteiger partial charge in [0.05, 0.1) is 19.1 Å². The van der Waals surface area contributed by atoms with Crippen LogP contribution in [0.4, 0.5) is 0 Å². The summed E-state index contributed by atoms with van der Waals surface area (Å²) in [5, 5.41) is 12.4. The summed E-state index contributed by atoms with van der Waals surface area (Å²) >= 11 is 0. The summed E-state index contributed by atoms with van der Waals surface area (Å²) in [7, 11) is 0. The Hall–Kier alpha value is -2.33. The second-order valence-corrected chi connectivity index (χ2v) is 5.78. The topological polar surface area (TPSA) is 58.6 Å². The highest BCUT2D eigenvalue weighted by Crippen LogP contribution is 2.29. The fraction of sp³-hybridized carbons (Fsp3) is 0.316. The zero-order chi connectivity index (χ0) is 16.1. The van der Waals surface area contributed by atoms with Crippen molar-refractivity contribution in [2.45, 2.75) is 25.4 Å². The summed E-state index contributed by atoms with van der Waals surface area (Å²) in [6.45, 7) is 1.22. The van der Waals surface area contributed by atoms with Gasteiger partial charge in [-0.3, -0.25) is 4.79 Å². The van der Waals surface area contributed by atoms with E-state index in [4.69, 9.17) is 4.74 Å². The number of ether oxygens (including phenoxy) is 1. The van der Waals surface area contributed by atoms with Gasteiger partial charge in [-0.2, -0.15) is 0 Å². The van der Waals surface area contributed by atoms with E-state index >= 15 is 0 Å². The van der Waals surface area contributed by atoms with Crippen LogP contribution < -0.4 is 5.32 Å². The SMILES string of the molecule is O=C(CC1OCCc2ccccc21)NCCc1cccc(O)c1. The van der Waals surface area contributed by atoms with Crippen molar-refractivity contribution in [2.75, 3.05) is 13.2 Å². The Kier molecular flexibility index (Phi) is 4.93. The largest absolute Gasteiger partial charge is 0.508 e. The van der Waals surface area contributed by atoms with Gasteiger partial charge in [-0.15, -0.1) is 0 Å². The zero-order valence-corrected chi connectivity index (χ0v) is 13.0. The quantitative estimate of drug-likeness (QED) is 0.892. The number of amides is 1. The molecule has 1 aliphatic heterocycles. The van der Waals surface area contributed by atoms with Crippen LogP contribution in [0, 0.1) is 0 Å². The number of fused-ring (bicyclic) bond motifs is 1. The Morgan fingerprint density at radius 1 is 1.22 bits per heavy atom. The maximum Gasteiger partial charge on any atom is 0.222 e. The third-order valence-electron chi connectivity index (χ3n) is 4.11. The average Bonchev–Trinajstić information content (AvgIpc) is 2.55. The van der Waals surface area contributed by atoms with E-state index < -0.39 is 0 Å². The monoisotopic (exact) mass is 311 g/mol. The summed E-state index contributed by atoms with van der Waals surface area (Å²) in [5.74, 6) is 0.243. The molecule has 0 fully saturated rings. The summed E-state index contributed by atoms with van der Waals surface area (Å²) in [4.78, 5) is 12.1. The third kappa shape index (κ3) is 4.11. The van der Waals surface area contributed by atoms with Crippen molar-refractivity contribution in [3.05, 3.63) is 65.2 Å². The van der Waals surface area contributed by atoms with Gasteiger partial charge in [0.15, 0.2) is 0 Å². The van der Waals surface area contributed by atoms with E-state index in [2.05, 4.69) is 11.4 Å². The number of hydrogen-bond donors (Lipinski definition) is 2. The van der Waals surface area contributed by atoms with Crippen molar-refractivity contribution < 1.29 is 14.6 Å². The molecule has 1 amide bonds. The normalized spacial score (nSPS) is 16.6. The number of phenolic OH excluding ortho intramolecular Hbond substituents is 1. The van der Waals surface area contributed by atoms with Gasteiger partial charge in [0, 0.05) is 6.54 Å². The van der Waals surface area contributed by atoms with E-state index in [-0.39, 0.29) is 17.8 Å². The molecule has 23 heavy (non-hydrogen) atoms. The van der Waals surface area contributed by atoms with Gasteiger partial charge in [-0.1, -0.05) is 36.4 Å². The highest BCUT2D eigenvalue weighted by molar-refractivity contribution is 5.76. The van der Waals surface area contributed by atoms with Crippen molar-refractivity contribution in [2.24, 2.45) is 0 Å².